The highest BCUT2D eigenvalue weighted by Crippen LogP contribution is 2.25. The van der Waals surface area contributed by atoms with Crippen LogP contribution in [0.1, 0.15) is 12.0 Å². The molecule has 0 aromatic heterocycles. The first-order valence-electron chi connectivity index (χ1n) is 4.33. The van der Waals surface area contributed by atoms with E-state index in [1.54, 1.807) is 6.07 Å². The van der Waals surface area contributed by atoms with E-state index in [1.807, 2.05) is 12.1 Å². The van der Waals surface area contributed by atoms with Gasteiger partial charge < -0.3 is 10.5 Å². The highest BCUT2D eigenvalue weighted by atomic mass is 35.5. The van der Waals surface area contributed by atoms with E-state index in [0.29, 0.717) is 24.6 Å². The standard InChI is InChI=1S/C11H12ClNO/c1-2-3-7-14-11-6-4-5-10(12)9(11)8-13/h1,4-6H,3,7-8,13H2. The molecule has 0 aliphatic heterocycles. The summed E-state index contributed by atoms with van der Waals surface area (Å²) in [6.45, 7) is 0.856. The average Bonchev–Trinajstić information content (AvgIpc) is 2.18. The molecule has 0 radical (unpaired) electrons. The minimum atomic E-state index is 0.366. The molecule has 0 bridgehead atoms. The number of terminal acetylenes is 1. The van der Waals surface area contributed by atoms with E-state index in [9.17, 15) is 0 Å². The number of ether oxygens (including phenoxy) is 1. The third-order valence-corrected chi connectivity index (χ3v) is 2.14. The van der Waals surface area contributed by atoms with Crippen LogP contribution in [0.5, 0.6) is 5.75 Å². The molecule has 0 aliphatic carbocycles. The predicted molar refractivity (Wildman–Crippen MR) is 58.3 cm³/mol. The maximum Gasteiger partial charge on any atom is 0.125 e. The highest BCUT2D eigenvalue weighted by molar-refractivity contribution is 6.31. The zero-order valence-corrected chi connectivity index (χ0v) is 8.55. The monoisotopic (exact) mass is 209 g/mol. The molecule has 0 saturated carbocycles. The van der Waals surface area contributed by atoms with E-state index in [0.717, 1.165) is 11.3 Å². The molecule has 1 aromatic carbocycles. The van der Waals surface area contributed by atoms with Gasteiger partial charge in [-0.2, -0.15) is 0 Å². The molecule has 0 amide bonds. The van der Waals surface area contributed by atoms with E-state index in [2.05, 4.69) is 5.92 Å². The molecule has 0 spiro atoms. The Morgan fingerprint density at radius 3 is 2.93 bits per heavy atom. The number of hydrogen-bond acceptors (Lipinski definition) is 2. The fraction of sp³-hybridized carbons (Fsp3) is 0.273. The van der Waals surface area contributed by atoms with Crippen molar-refractivity contribution in [2.75, 3.05) is 6.61 Å². The summed E-state index contributed by atoms with van der Waals surface area (Å²) in [6.07, 6.45) is 5.69. The molecule has 1 aromatic rings. The van der Waals surface area contributed by atoms with Crippen molar-refractivity contribution in [1.82, 2.24) is 0 Å². The molecule has 2 nitrogen and oxygen atoms in total. The van der Waals surface area contributed by atoms with Crippen molar-refractivity contribution < 1.29 is 4.74 Å². The van der Waals surface area contributed by atoms with Crippen LogP contribution in [-0.4, -0.2) is 6.61 Å². The fourth-order valence-electron chi connectivity index (χ4n) is 1.09. The molecular weight excluding hydrogens is 198 g/mol. The van der Waals surface area contributed by atoms with Crippen molar-refractivity contribution in [3.05, 3.63) is 28.8 Å². The van der Waals surface area contributed by atoms with Gasteiger partial charge in [0.15, 0.2) is 0 Å². The van der Waals surface area contributed by atoms with Crippen molar-refractivity contribution in [2.24, 2.45) is 5.73 Å². The Morgan fingerprint density at radius 1 is 1.50 bits per heavy atom. The molecule has 0 fully saturated rings. The first-order chi connectivity index (χ1) is 6.79. The van der Waals surface area contributed by atoms with Gasteiger partial charge in [-0.15, -0.1) is 12.3 Å². The summed E-state index contributed by atoms with van der Waals surface area (Å²) in [6, 6.07) is 5.45. The Bertz CT molecular complexity index is 344. The van der Waals surface area contributed by atoms with Crippen molar-refractivity contribution in [1.29, 1.82) is 0 Å². The quantitative estimate of drug-likeness (QED) is 0.610. The van der Waals surface area contributed by atoms with Crippen LogP contribution >= 0.6 is 11.6 Å². The van der Waals surface area contributed by atoms with Crippen molar-refractivity contribution in [2.45, 2.75) is 13.0 Å². The van der Waals surface area contributed by atoms with Gasteiger partial charge in [-0.1, -0.05) is 17.7 Å². The molecule has 0 saturated heterocycles. The molecular formula is C11H12ClNO. The molecule has 74 valence electrons. The smallest absolute Gasteiger partial charge is 0.125 e. The van der Waals surface area contributed by atoms with Gasteiger partial charge in [0.1, 0.15) is 5.75 Å². The number of benzene rings is 1. The second-order valence-corrected chi connectivity index (χ2v) is 3.13. The first-order valence-corrected chi connectivity index (χ1v) is 4.71. The summed E-state index contributed by atoms with van der Waals surface area (Å²) < 4.78 is 5.44. The van der Waals surface area contributed by atoms with Crippen LogP contribution in [0, 0.1) is 12.3 Å². The lowest BCUT2D eigenvalue weighted by Gasteiger charge is -2.10. The summed E-state index contributed by atoms with van der Waals surface area (Å²) in [4.78, 5) is 0. The van der Waals surface area contributed by atoms with E-state index in [1.165, 1.54) is 0 Å². The Hall–Kier alpha value is -1.17. The Morgan fingerprint density at radius 2 is 2.29 bits per heavy atom. The van der Waals surface area contributed by atoms with E-state index >= 15 is 0 Å². The molecule has 0 atom stereocenters. The summed E-state index contributed by atoms with van der Waals surface area (Å²) in [5, 5.41) is 0.630. The normalized spacial score (nSPS) is 9.50. The molecule has 14 heavy (non-hydrogen) atoms. The first kappa shape index (κ1) is 10.9. The van der Waals surface area contributed by atoms with Crippen LogP contribution in [0.3, 0.4) is 0 Å². The van der Waals surface area contributed by atoms with Crippen LogP contribution in [0.15, 0.2) is 18.2 Å². The lowest BCUT2D eigenvalue weighted by Crippen LogP contribution is -2.03. The third-order valence-electron chi connectivity index (χ3n) is 1.78. The van der Waals surface area contributed by atoms with Gasteiger partial charge >= 0.3 is 0 Å². The van der Waals surface area contributed by atoms with Crippen molar-refractivity contribution in [3.8, 4) is 18.1 Å². The van der Waals surface area contributed by atoms with Gasteiger partial charge in [-0.3, -0.25) is 0 Å². The predicted octanol–water partition coefficient (Wildman–Crippen LogP) is 2.20. The highest BCUT2D eigenvalue weighted by Gasteiger charge is 2.05. The molecule has 3 heteroatoms. The number of rotatable bonds is 4. The second kappa shape index (κ2) is 5.54. The van der Waals surface area contributed by atoms with E-state index < -0.39 is 0 Å². The average molecular weight is 210 g/mol. The summed E-state index contributed by atoms with van der Waals surface area (Å²) in [7, 11) is 0. The Balaban J connectivity index is 2.76. The number of halogens is 1. The van der Waals surface area contributed by atoms with Gasteiger partial charge in [0.25, 0.3) is 0 Å². The second-order valence-electron chi connectivity index (χ2n) is 2.72. The molecule has 0 aliphatic rings. The minimum Gasteiger partial charge on any atom is -0.492 e. The molecule has 0 unspecified atom stereocenters. The van der Waals surface area contributed by atoms with Crippen molar-refractivity contribution >= 4 is 11.6 Å². The van der Waals surface area contributed by atoms with Gasteiger partial charge in [0.2, 0.25) is 0 Å². The third kappa shape index (κ3) is 2.66. The lowest BCUT2D eigenvalue weighted by atomic mass is 10.2. The van der Waals surface area contributed by atoms with Crippen LogP contribution in [0.25, 0.3) is 0 Å². The van der Waals surface area contributed by atoms with Gasteiger partial charge in [-0.25, -0.2) is 0 Å². The topological polar surface area (TPSA) is 35.2 Å². The molecule has 2 N–H and O–H groups in total. The van der Waals surface area contributed by atoms with Crippen LogP contribution < -0.4 is 10.5 Å². The van der Waals surface area contributed by atoms with Gasteiger partial charge in [-0.05, 0) is 12.1 Å². The number of hydrogen-bond donors (Lipinski definition) is 1. The zero-order valence-electron chi connectivity index (χ0n) is 7.79. The largest absolute Gasteiger partial charge is 0.492 e. The summed E-state index contributed by atoms with van der Waals surface area (Å²) >= 11 is 5.94. The number of nitrogens with two attached hydrogens (primary N) is 1. The maximum absolute atomic E-state index is 5.94. The zero-order chi connectivity index (χ0) is 10.4. The SMILES string of the molecule is C#CCCOc1cccc(Cl)c1CN. The molecule has 1 rings (SSSR count). The fourth-order valence-corrected chi connectivity index (χ4v) is 1.34. The Kier molecular flexibility index (Phi) is 4.31. The summed E-state index contributed by atoms with van der Waals surface area (Å²) in [5.41, 5.74) is 6.38. The van der Waals surface area contributed by atoms with Gasteiger partial charge in [0.05, 0.1) is 6.61 Å². The van der Waals surface area contributed by atoms with Crippen LogP contribution in [-0.2, 0) is 6.54 Å². The maximum atomic E-state index is 5.94. The van der Waals surface area contributed by atoms with Crippen molar-refractivity contribution in [3.63, 3.8) is 0 Å². The summed E-state index contributed by atoms with van der Waals surface area (Å²) in [5.74, 6) is 3.22. The van der Waals surface area contributed by atoms with E-state index in [-0.39, 0.29) is 0 Å². The van der Waals surface area contributed by atoms with Crippen LogP contribution in [0.2, 0.25) is 5.02 Å². The van der Waals surface area contributed by atoms with Gasteiger partial charge in [0, 0.05) is 23.6 Å². The Labute approximate surface area is 89.0 Å². The van der Waals surface area contributed by atoms with E-state index in [4.69, 9.17) is 28.5 Å². The molecule has 0 heterocycles. The lowest BCUT2D eigenvalue weighted by molar-refractivity contribution is 0.324. The minimum absolute atomic E-state index is 0.366. The van der Waals surface area contributed by atoms with Crippen LogP contribution in [0.4, 0.5) is 0 Å².